The van der Waals surface area contributed by atoms with Crippen molar-refractivity contribution in [2.45, 2.75) is 6.61 Å². The molecule has 0 aliphatic heterocycles. The summed E-state index contributed by atoms with van der Waals surface area (Å²) in [7, 11) is 1.55. The maximum Gasteiger partial charge on any atom is 0.264 e. The van der Waals surface area contributed by atoms with E-state index in [4.69, 9.17) is 27.9 Å². The molecule has 0 bridgehead atoms. The zero-order chi connectivity index (χ0) is 14.0. The van der Waals surface area contributed by atoms with Crippen LogP contribution in [0.15, 0.2) is 23.0 Å². The van der Waals surface area contributed by atoms with Gasteiger partial charge in [0, 0.05) is 12.7 Å². The lowest BCUT2D eigenvalue weighted by atomic mass is 10.2. The average molecular weight is 411 g/mol. The number of halogens is 3. The Bertz CT molecular complexity index is 673. The topological polar surface area (TPSA) is 55.0 Å². The summed E-state index contributed by atoms with van der Waals surface area (Å²) in [5.41, 5.74) is 0.923. The van der Waals surface area contributed by atoms with E-state index in [9.17, 15) is 4.79 Å². The van der Waals surface area contributed by atoms with Crippen LogP contribution in [0.3, 0.4) is 0 Å². The van der Waals surface area contributed by atoms with E-state index in [1.165, 1.54) is 0 Å². The van der Waals surface area contributed by atoms with Crippen molar-refractivity contribution in [3.8, 4) is 11.4 Å². The van der Waals surface area contributed by atoms with Crippen LogP contribution in [0.25, 0.3) is 11.4 Å². The lowest BCUT2D eigenvalue weighted by Gasteiger charge is -2.08. The SMILES string of the molecule is COCc1nc(-c2cccc(Cl)c2Cl)[nH]c(=O)c1I. The molecular weight excluding hydrogens is 402 g/mol. The van der Waals surface area contributed by atoms with Gasteiger partial charge in [-0.3, -0.25) is 4.79 Å². The molecule has 0 amide bonds. The highest BCUT2D eigenvalue weighted by atomic mass is 127. The molecule has 4 nitrogen and oxygen atoms in total. The molecule has 2 rings (SSSR count). The number of H-pyrrole nitrogens is 1. The van der Waals surface area contributed by atoms with Gasteiger partial charge in [0.25, 0.3) is 5.56 Å². The van der Waals surface area contributed by atoms with E-state index in [0.717, 1.165) is 0 Å². The second kappa shape index (κ2) is 6.21. The van der Waals surface area contributed by atoms with Crippen molar-refractivity contribution in [3.63, 3.8) is 0 Å². The van der Waals surface area contributed by atoms with Crippen LogP contribution >= 0.6 is 45.8 Å². The van der Waals surface area contributed by atoms with E-state index in [-0.39, 0.29) is 12.2 Å². The molecule has 0 saturated carbocycles. The molecule has 0 spiro atoms. The number of hydrogen-bond acceptors (Lipinski definition) is 3. The quantitative estimate of drug-likeness (QED) is 0.788. The molecule has 0 unspecified atom stereocenters. The van der Waals surface area contributed by atoms with Gasteiger partial charge in [0.05, 0.1) is 22.3 Å². The van der Waals surface area contributed by atoms with Crippen molar-refractivity contribution >= 4 is 45.8 Å². The van der Waals surface area contributed by atoms with E-state index >= 15 is 0 Å². The molecule has 0 saturated heterocycles. The number of benzene rings is 1. The Hall–Kier alpha value is -0.630. The first-order valence-electron chi connectivity index (χ1n) is 5.26. The van der Waals surface area contributed by atoms with Crippen molar-refractivity contribution in [1.29, 1.82) is 0 Å². The molecule has 0 fully saturated rings. The maximum absolute atomic E-state index is 11.9. The van der Waals surface area contributed by atoms with Crippen LogP contribution in [0.4, 0.5) is 0 Å². The van der Waals surface area contributed by atoms with Gasteiger partial charge in [-0.1, -0.05) is 29.3 Å². The fraction of sp³-hybridized carbons (Fsp3) is 0.167. The first-order valence-corrected chi connectivity index (χ1v) is 7.10. The zero-order valence-electron chi connectivity index (χ0n) is 9.84. The van der Waals surface area contributed by atoms with Crippen LogP contribution in [0.2, 0.25) is 10.0 Å². The van der Waals surface area contributed by atoms with Crippen LogP contribution in [0, 0.1) is 3.57 Å². The largest absolute Gasteiger partial charge is 0.378 e. The summed E-state index contributed by atoms with van der Waals surface area (Å²) < 4.78 is 5.53. The lowest BCUT2D eigenvalue weighted by molar-refractivity contribution is 0.180. The van der Waals surface area contributed by atoms with Crippen LogP contribution in [0.5, 0.6) is 0 Å². The van der Waals surface area contributed by atoms with Crippen molar-refractivity contribution in [1.82, 2.24) is 9.97 Å². The smallest absolute Gasteiger partial charge is 0.264 e. The highest BCUT2D eigenvalue weighted by molar-refractivity contribution is 14.1. The lowest BCUT2D eigenvalue weighted by Crippen LogP contribution is -2.16. The van der Waals surface area contributed by atoms with Crippen LogP contribution < -0.4 is 5.56 Å². The molecule has 1 heterocycles. The van der Waals surface area contributed by atoms with Crippen LogP contribution in [-0.4, -0.2) is 17.1 Å². The van der Waals surface area contributed by atoms with Gasteiger partial charge in [-0.25, -0.2) is 4.98 Å². The number of aromatic nitrogens is 2. The highest BCUT2D eigenvalue weighted by Crippen LogP contribution is 2.31. The first kappa shape index (κ1) is 14.8. The van der Waals surface area contributed by atoms with E-state index in [2.05, 4.69) is 9.97 Å². The molecule has 100 valence electrons. The predicted molar refractivity (Wildman–Crippen MR) is 83.7 cm³/mol. The molecule has 0 atom stereocenters. The summed E-state index contributed by atoms with van der Waals surface area (Å²) in [4.78, 5) is 18.9. The van der Waals surface area contributed by atoms with E-state index in [0.29, 0.717) is 30.7 Å². The number of aromatic amines is 1. The molecule has 2 aromatic rings. The fourth-order valence-electron chi connectivity index (χ4n) is 1.55. The molecule has 1 aromatic heterocycles. The number of rotatable bonds is 3. The summed E-state index contributed by atoms with van der Waals surface area (Å²) >= 11 is 14.0. The maximum atomic E-state index is 11.9. The molecule has 1 aromatic carbocycles. The Morgan fingerprint density at radius 2 is 2.16 bits per heavy atom. The summed E-state index contributed by atoms with van der Waals surface area (Å²) in [6, 6.07) is 5.17. The molecule has 0 radical (unpaired) electrons. The van der Waals surface area contributed by atoms with Crippen molar-refractivity contribution in [2.75, 3.05) is 7.11 Å². The number of hydrogen-bond donors (Lipinski definition) is 1. The summed E-state index contributed by atoms with van der Waals surface area (Å²) in [6.07, 6.45) is 0. The van der Waals surface area contributed by atoms with Gasteiger partial charge in [0.1, 0.15) is 9.39 Å². The highest BCUT2D eigenvalue weighted by Gasteiger charge is 2.13. The third-order valence-electron chi connectivity index (χ3n) is 2.42. The third-order valence-corrected chi connectivity index (χ3v) is 4.35. The Morgan fingerprint density at radius 1 is 1.42 bits per heavy atom. The van der Waals surface area contributed by atoms with E-state index < -0.39 is 0 Å². The molecule has 1 N–H and O–H groups in total. The van der Waals surface area contributed by atoms with Gasteiger partial charge in [-0.15, -0.1) is 0 Å². The molecular formula is C12H9Cl2IN2O2. The summed E-state index contributed by atoms with van der Waals surface area (Å²) in [6.45, 7) is 0.257. The van der Waals surface area contributed by atoms with Gasteiger partial charge < -0.3 is 9.72 Å². The molecule has 7 heteroatoms. The second-order valence-corrected chi connectivity index (χ2v) is 5.57. The fourth-order valence-corrected chi connectivity index (χ4v) is 2.35. The third kappa shape index (κ3) is 3.10. The predicted octanol–water partition coefficient (Wildman–Crippen LogP) is 3.49. The summed E-state index contributed by atoms with van der Waals surface area (Å²) in [5, 5.41) is 0.769. The summed E-state index contributed by atoms with van der Waals surface area (Å²) in [5.74, 6) is 0.380. The minimum atomic E-state index is -0.228. The monoisotopic (exact) mass is 410 g/mol. The van der Waals surface area contributed by atoms with Crippen LogP contribution in [0.1, 0.15) is 5.69 Å². The Morgan fingerprint density at radius 3 is 2.84 bits per heavy atom. The van der Waals surface area contributed by atoms with Gasteiger partial charge in [0.2, 0.25) is 0 Å². The number of nitrogens with one attached hydrogen (secondary N) is 1. The van der Waals surface area contributed by atoms with Gasteiger partial charge >= 0.3 is 0 Å². The van der Waals surface area contributed by atoms with Crippen molar-refractivity contribution < 1.29 is 4.74 Å². The normalized spacial score (nSPS) is 10.7. The van der Waals surface area contributed by atoms with E-state index in [1.54, 1.807) is 25.3 Å². The van der Waals surface area contributed by atoms with Gasteiger partial charge in [-0.05, 0) is 34.7 Å². The zero-order valence-corrected chi connectivity index (χ0v) is 13.5. The minimum absolute atomic E-state index is 0.228. The minimum Gasteiger partial charge on any atom is -0.378 e. The first-order chi connectivity index (χ1) is 9.04. The standard InChI is InChI=1S/C12H9Cl2IN2O2/c1-19-5-8-10(15)12(18)17-11(16-8)6-3-2-4-7(13)9(6)14/h2-4H,5H2,1H3,(H,16,17,18). The molecule has 19 heavy (non-hydrogen) atoms. The van der Waals surface area contributed by atoms with Gasteiger partial charge in [0.15, 0.2) is 0 Å². The van der Waals surface area contributed by atoms with E-state index in [1.807, 2.05) is 22.6 Å². The number of methoxy groups -OCH3 is 1. The Balaban J connectivity index is 2.63. The number of ether oxygens (including phenoxy) is 1. The van der Waals surface area contributed by atoms with Crippen molar-refractivity contribution in [2.24, 2.45) is 0 Å². The molecule has 0 aliphatic carbocycles. The average Bonchev–Trinajstić information content (AvgIpc) is 2.38. The second-order valence-electron chi connectivity index (χ2n) is 3.71. The Labute approximate surface area is 133 Å². The molecule has 0 aliphatic rings. The Kier molecular flexibility index (Phi) is 4.83. The van der Waals surface area contributed by atoms with Crippen LogP contribution in [-0.2, 0) is 11.3 Å². The van der Waals surface area contributed by atoms with Crippen molar-refractivity contribution in [3.05, 3.63) is 47.9 Å². The number of nitrogens with zero attached hydrogens (tertiary/aromatic N) is 1. The van der Waals surface area contributed by atoms with Gasteiger partial charge in [-0.2, -0.15) is 0 Å².